The Morgan fingerprint density at radius 1 is 1.32 bits per heavy atom. The molecular formula is C15H21ClN2O. The van der Waals surface area contributed by atoms with E-state index >= 15 is 0 Å². The van der Waals surface area contributed by atoms with Crippen molar-refractivity contribution in [2.45, 2.75) is 25.3 Å². The quantitative estimate of drug-likeness (QED) is 0.795. The van der Waals surface area contributed by atoms with Crippen molar-refractivity contribution in [3.05, 3.63) is 29.8 Å². The first kappa shape index (κ1) is 14.2. The summed E-state index contributed by atoms with van der Waals surface area (Å²) in [5, 5.41) is 0. The molecule has 3 nitrogen and oxygen atoms in total. The molecule has 1 atom stereocenters. The van der Waals surface area contributed by atoms with E-state index in [9.17, 15) is 4.79 Å². The summed E-state index contributed by atoms with van der Waals surface area (Å²) in [5.74, 6) is 0.636. The second-order valence-electron chi connectivity index (χ2n) is 5.24. The fraction of sp³-hybridized carbons (Fsp3) is 0.533. The molecule has 1 aliphatic heterocycles. The summed E-state index contributed by atoms with van der Waals surface area (Å²) < 4.78 is 0. The highest BCUT2D eigenvalue weighted by molar-refractivity contribution is 6.18. The van der Waals surface area contributed by atoms with E-state index in [0.29, 0.717) is 5.88 Å². The number of carbonyl (C=O) groups is 1. The second kappa shape index (κ2) is 6.29. The van der Waals surface area contributed by atoms with Crippen LogP contribution in [0.4, 0.5) is 5.69 Å². The summed E-state index contributed by atoms with van der Waals surface area (Å²) >= 11 is 5.97. The zero-order valence-corrected chi connectivity index (χ0v) is 12.4. The Hall–Kier alpha value is -1.22. The molecule has 1 fully saturated rings. The van der Waals surface area contributed by atoms with Crippen molar-refractivity contribution in [3.8, 4) is 0 Å². The molecule has 1 saturated heterocycles. The molecule has 1 amide bonds. The number of hydrogen-bond donors (Lipinski definition) is 0. The maximum atomic E-state index is 12.5. The maximum absolute atomic E-state index is 12.5. The van der Waals surface area contributed by atoms with Crippen molar-refractivity contribution in [2.75, 3.05) is 31.4 Å². The SMILES string of the molecule is CN(C)c1ccc(C(=O)N2CCCCC2CCl)cc1. The molecule has 19 heavy (non-hydrogen) atoms. The van der Waals surface area contributed by atoms with Crippen LogP contribution >= 0.6 is 11.6 Å². The van der Waals surface area contributed by atoms with E-state index in [1.165, 1.54) is 6.42 Å². The molecule has 1 unspecified atom stereocenters. The molecule has 1 aromatic rings. The van der Waals surface area contributed by atoms with E-state index in [1.54, 1.807) is 0 Å². The number of piperidine rings is 1. The highest BCUT2D eigenvalue weighted by Crippen LogP contribution is 2.21. The molecule has 1 aliphatic rings. The van der Waals surface area contributed by atoms with Gasteiger partial charge in [0.1, 0.15) is 0 Å². The predicted octanol–water partition coefficient (Wildman–Crippen LogP) is 2.99. The van der Waals surface area contributed by atoms with E-state index in [-0.39, 0.29) is 11.9 Å². The van der Waals surface area contributed by atoms with Gasteiger partial charge >= 0.3 is 0 Å². The summed E-state index contributed by atoms with van der Waals surface area (Å²) in [6.45, 7) is 0.825. The van der Waals surface area contributed by atoms with Crippen LogP contribution in [-0.4, -0.2) is 43.4 Å². The van der Waals surface area contributed by atoms with Gasteiger partial charge in [-0.2, -0.15) is 0 Å². The predicted molar refractivity (Wildman–Crippen MR) is 80.2 cm³/mol. The Balaban J connectivity index is 2.13. The molecule has 1 heterocycles. The van der Waals surface area contributed by atoms with Gasteiger partial charge in [0.25, 0.3) is 5.91 Å². The Morgan fingerprint density at radius 3 is 2.58 bits per heavy atom. The number of benzene rings is 1. The number of hydrogen-bond acceptors (Lipinski definition) is 2. The summed E-state index contributed by atoms with van der Waals surface area (Å²) in [7, 11) is 3.98. The van der Waals surface area contributed by atoms with Gasteiger partial charge in [-0.05, 0) is 43.5 Å². The van der Waals surface area contributed by atoms with Gasteiger partial charge in [0, 0.05) is 43.8 Å². The molecule has 0 saturated carbocycles. The minimum atomic E-state index is 0.107. The maximum Gasteiger partial charge on any atom is 0.254 e. The van der Waals surface area contributed by atoms with Crippen LogP contribution in [-0.2, 0) is 0 Å². The average Bonchev–Trinajstić information content (AvgIpc) is 2.46. The van der Waals surface area contributed by atoms with Crippen LogP contribution in [0.25, 0.3) is 0 Å². The minimum Gasteiger partial charge on any atom is -0.378 e. The van der Waals surface area contributed by atoms with Gasteiger partial charge in [0.2, 0.25) is 0 Å². The first-order valence-electron chi connectivity index (χ1n) is 6.78. The molecule has 2 rings (SSSR count). The van der Waals surface area contributed by atoms with E-state index in [4.69, 9.17) is 11.6 Å². The highest BCUT2D eigenvalue weighted by Gasteiger charge is 2.26. The summed E-state index contributed by atoms with van der Waals surface area (Å²) in [6.07, 6.45) is 3.26. The van der Waals surface area contributed by atoms with Crippen molar-refractivity contribution in [1.29, 1.82) is 0 Å². The van der Waals surface area contributed by atoms with Crippen LogP contribution in [0.2, 0.25) is 0 Å². The first-order valence-corrected chi connectivity index (χ1v) is 7.31. The van der Waals surface area contributed by atoms with Crippen LogP contribution in [0.5, 0.6) is 0 Å². The van der Waals surface area contributed by atoms with Gasteiger partial charge < -0.3 is 9.80 Å². The number of amides is 1. The van der Waals surface area contributed by atoms with Crippen molar-refractivity contribution >= 4 is 23.2 Å². The number of alkyl halides is 1. The Labute approximate surface area is 120 Å². The zero-order valence-electron chi connectivity index (χ0n) is 11.6. The number of nitrogens with zero attached hydrogens (tertiary/aromatic N) is 2. The molecule has 1 aromatic carbocycles. The lowest BCUT2D eigenvalue weighted by Crippen LogP contribution is -2.44. The standard InChI is InChI=1S/C15H21ClN2O/c1-17(2)13-8-6-12(7-9-13)15(19)18-10-4-3-5-14(18)11-16/h6-9,14H,3-5,10-11H2,1-2H3. The fourth-order valence-electron chi connectivity index (χ4n) is 2.50. The minimum absolute atomic E-state index is 0.107. The summed E-state index contributed by atoms with van der Waals surface area (Å²) in [5.41, 5.74) is 1.85. The third-order valence-corrected chi connectivity index (χ3v) is 4.05. The molecule has 0 aliphatic carbocycles. The van der Waals surface area contributed by atoms with Crippen molar-refractivity contribution in [1.82, 2.24) is 4.90 Å². The molecule has 0 spiro atoms. The first-order chi connectivity index (χ1) is 9.13. The monoisotopic (exact) mass is 280 g/mol. The Morgan fingerprint density at radius 2 is 2.00 bits per heavy atom. The molecule has 0 aromatic heterocycles. The second-order valence-corrected chi connectivity index (χ2v) is 5.55. The Kier molecular flexibility index (Phi) is 4.70. The van der Waals surface area contributed by atoms with E-state index < -0.39 is 0 Å². The topological polar surface area (TPSA) is 23.6 Å². The zero-order chi connectivity index (χ0) is 13.8. The van der Waals surface area contributed by atoms with E-state index in [2.05, 4.69) is 0 Å². The lowest BCUT2D eigenvalue weighted by molar-refractivity contribution is 0.0639. The lowest BCUT2D eigenvalue weighted by Gasteiger charge is -2.34. The average molecular weight is 281 g/mol. The molecule has 104 valence electrons. The molecule has 4 heteroatoms. The largest absolute Gasteiger partial charge is 0.378 e. The van der Waals surface area contributed by atoms with Crippen LogP contribution in [0.15, 0.2) is 24.3 Å². The van der Waals surface area contributed by atoms with Gasteiger partial charge in [-0.25, -0.2) is 0 Å². The molecule has 0 bridgehead atoms. The van der Waals surface area contributed by atoms with Crippen molar-refractivity contribution < 1.29 is 4.79 Å². The van der Waals surface area contributed by atoms with Gasteiger partial charge in [-0.3, -0.25) is 4.79 Å². The van der Waals surface area contributed by atoms with Gasteiger partial charge in [0.05, 0.1) is 0 Å². The smallest absolute Gasteiger partial charge is 0.254 e. The third-order valence-electron chi connectivity index (χ3n) is 3.70. The van der Waals surface area contributed by atoms with E-state index in [0.717, 1.165) is 30.6 Å². The highest BCUT2D eigenvalue weighted by atomic mass is 35.5. The molecule has 0 N–H and O–H groups in total. The van der Waals surface area contributed by atoms with Gasteiger partial charge in [-0.1, -0.05) is 0 Å². The number of carbonyl (C=O) groups excluding carboxylic acids is 1. The normalized spacial score (nSPS) is 19.3. The van der Waals surface area contributed by atoms with Crippen LogP contribution in [0.1, 0.15) is 29.6 Å². The number of rotatable bonds is 3. The van der Waals surface area contributed by atoms with Crippen molar-refractivity contribution in [2.24, 2.45) is 0 Å². The van der Waals surface area contributed by atoms with Crippen molar-refractivity contribution in [3.63, 3.8) is 0 Å². The summed E-state index contributed by atoms with van der Waals surface area (Å²) in [6, 6.07) is 7.95. The number of halogens is 1. The van der Waals surface area contributed by atoms with Crippen LogP contribution in [0, 0.1) is 0 Å². The molecule has 0 radical (unpaired) electrons. The number of likely N-dealkylation sites (tertiary alicyclic amines) is 1. The fourth-order valence-corrected chi connectivity index (χ4v) is 2.82. The lowest BCUT2D eigenvalue weighted by atomic mass is 10.0. The molecular weight excluding hydrogens is 260 g/mol. The van der Waals surface area contributed by atoms with Crippen LogP contribution < -0.4 is 4.90 Å². The summed E-state index contributed by atoms with van der Waals surface area (Å²) in [4.78, 5) is 16.5. The van der Waals surface area contributed by atoms with Gasteiger partial charge in [0.15, 0.2) is 0 Å². The van der Waals surface area contributed by atoms with Gasteiger partial charge in [-0.15, -0.1) is 11.6 Å². The number of anilines is 1. The van der Waals surface area contributed by atoms with Crippen LogP contribution in [0.3, 0.4) is 0 Å². The third kappa shape index (κ3) is 3.21. The Bertz CT molecular complexity index is 430. The van der Waals surface area contributed by atoms with E-state index in [1.807, 2.05) is 48.2 Å².